The summed E-state index contributed by atoms with van der Waals surface area (Å²) in [5.74, 6) is 1.03. The van der Waals surface area contributed by atoms with Crippen molar-refractivity contribution in [3.05, 3.63) is 83.2 Å². The van der Waals surface area contributed by atoms with E-state index in [2.05, 4.69) is 22.2 Å². The molecule has 2 aliphatic heterocycles. The van der Waals surface area contributed by atoms with Crippen molar-refractivity contribution in [2.45, 2.75) is 46.1 Å². The van der Waals surface area contributed by atoms with Gasteiger partial charge in [-0.05, 0) is 62.6 Å². The second kappa shape index (κ2) is 12.0. The third kappa shape index (κ3) is 5.74. The number of carbonyl (C=O) groups excluding carboxylic acids is 3. The lowest BCUT2D eigenvalue weighted by atomic mass is 10.0. The van der Waals surface area contributed by atoms with Crippen molar-refractivity contribution in [1.29, 1.82) is 0 Å². The maximum Gasteiger partial charge on any atom is 0.330 e. The number of ether oxygens (including phenoxy) is 1. The van der Waals surface area contributed by atoms with Crippen LogP contribution in [-0.2, 0) is 4.79 Å². The number of nitrogens with zero attached hydrogens (tertiary/aromatic N) is 3. The zero-order chi connectivity index (χ0) is 29.1. The van der Waals surface area contributed by atoms with E-state index in [1.807, 2.05) is 57.2 Å². The first-order chi connectivity index (χ1) is 19.8. The number of urea groups is 1. The summed E-state index contributed by atoms with van der Waals surface area (Å²) < 4.78 is 5.95. The Morgan fingerprint density at radius 3 is 2.76 bits per heavy atom. The number of nitrogens with one attached hydrogen (secondary N) is 2. The zero-order valence-corrected chi connectivity index (χ0v) is 24.2. The molecule has 1 fully saturated rings. The van der Waals surface area contributed by atoms with E-state index >= 15 is 0 Å². The van der Waals surface area contributed by atoms with Gasteiger partial charge in [-0.1, -0.05) is 31.7 Å². The number of hydrogen-bond acceptors (Lipinski definition) is 6. The molecular formula is C31H33N5O4S. The number of carbonyl (C=O) groups is 3. The summed E-state index contributed by atoms with van der Waals surface area (Å²) in [6, 6.07) is 10.7. The number of piperidine rings is 1. The maximum atomic E-state index is 13.5. The second-order valence-corrected chi connectivity index (χ2v) is 11.0. The topological polar surface area (TPSA) is 104 Å². The minimum atomic E-state index is -0.371. The van der Waals surface area contributed by atoms with Gasteiger partial charge in [0.1, 0.15) is 21.2 Å². The van der Waals surface area contributed by atoms with Gasteiger partial charge in [0.15, 0.2) is 0 Å². The van der Waals surface area contributed by atoms with Crippen LogP contribution >= 0.6 is 11.3 Å². The van der Waals surface area contributed by atoms with Crippen molar-refractivity contribution in [1.82, 2.24) is 15.2 Å². The van der Waals surface area contributed by atoms with Crippen LogP contribution in [0.4, 0.5) is 16.2 Å². The first-order valence-electron chi connectivity index (χ1n) is 13.7. The van der Waals surface area contributed by atoms with Gasteiger partial charge in [0, 0.05) is 37.4 Å². The quantitative estimate of drug-likeness (QED) is 0.247. The molecule has 0 spiro atoms. The predicted octanol–water partition coefficient (Wildman–Crippen LogP) is 6.22. The molecular weight excluding hydrogens is 538 g/mol. The maximum absolute atomic E-state index is 13.5. The van der Waals surface area contributed by atoms with Crippen molar-refractivity contribution >= 4 is 50.8 Å². The van der Waals surface area contributed by atoms with Gasteiger partial charge in [-0.3, -0.25) is 14.5 Å². The van der Waals surface area contributed by atoms with Crippen LogP contribution in [0.2, 0.25) is 0 Å². The van der Waals surface area contributed by atoms with Gasteiger partial charge in [-0.2, -0.15) is 0 Å². The molecule has 0 unspecified atom stereocenters. The van der Waals surface area contributed by atoms with Gasteiger partial charge < -0.3 is 20.3 Å². The predicted molar refractivity (Wildman–Crippen MR) is 162 cm³/mol. The van der Waals surface area contributed by atoms with E-state index < -0.39 is 0 Å². The SMILES string of the molecule is C=C/C(=C\C(C)=C(/C)N1C(=O)Nc2c(C(=O)N[C@@H]3CCCN(C(=O)CC)C3)sc3nccc1c23)Oc1ccccc1. The average Bonchev–Trinajstić information content (AvgIpc) is 3.36. The molecule has 212 valence electrons. The van der Waals surface area contributed by atoms with Crippen LogP contribution in [0.3, 0.4) is 0 Å². The summed E-state index contributed by atoms with van der Waals surface area (Å²) in [5.41, 5.74) is 2.60. The lowest BCUT2D eigenvalue weighted by Gasteiger charge is -2.33. The van der Waals surface area contributed by atoms with Gasteiger partial charge in [0.05, 0.1) is 16.8 Å². The highest BCUT2D eigenvalue weighted by Gasteiger charge is 2.34. The molecule has 3 aromatic rings. The highest BCUT2D eigenvalue weighted by molar-refractivity contribution is 7.21. The molecule has 4 heterocycles. The highest BCUT2D eigenvalue weighted by atomic mass is 32.1. The fourth-order valence-corrected chi connectivity index (χ4v) is 6.14. The van der Waals surface area contributed by atoms with Crippen LogP contribution in [0.25, 0.3) is 10.2 Å². The number of amides is 4. The Hall–Kier alpha value is -4.44. The molecule has 1 saturated heterocycles. The summed E-state index contributed by atoms with van der Waals surface area (Å²) in [6.07, 6.45) is 7.16. The van der Waals surface area contributed by atoms with E-state index in [1.165, 1.54) is 11.3 Å². The highest BCUT2D eigenvalue weighted by Crippen LogP contribution is 2.44. The summed E-state index contributed by atoms with van der Waals surface area (Å²) in [7, 11) is 0. The summed E-state index contributed by atoms with van der Waals surface area (Å²) >= 11 is 1.24. The molecule has 0 saturated carbocycles. The van der Waals surface area contributed by atoms with Crippen LogP contribution in [0, 0.1) is 0 Å². The van der Waals surface area contributed by atoms with E-state index in [1.54, 1.807) is 28.1 Å². The Kier molecular flexibility index (Phi) is 8.21. The smallest absolute Gasteiger partial charge is 0.330 e. The van der Waals surface area contributed by atoms with Crippen LogP contribution in [0.15, 0.2) is 78.4 Å². The second-order valence-electron chi connectivity index (χ2n) is 10.0. The number of allylic oxidation sites excluding steroid dienone is 4. The number of anilines is 2. The number of hydrogen-bond donors (Lipinski definition) is 2. The fraction of sp³-hybridized carbons (Fsp3) is 0.290. The molecule has 1 atom stereocenters. The molecule has 10 heteroatoms. The van der Waals surface area contributed by atoms with E-state index in [9.17, 15) is 14.4 Å². The molecule has 0 bridgehead atoms. The Morgan fingerprint density at radius 1 is 1.24 bits per heavy atom. The molecule has 0 radical (unpaired) electrons. The molecule has 2 aromatic heterocycles. The van der Waals surface area contributed by atoms with Gasteiger partial charge in [0.2, 0.25) is 5.91 Å². The largest absolute Gasteiger partial charge is 0.457 e. The number of para-hydroxylation sites is 1. The van der Waals surface area contributed by atoms with Crippen LogP contribution in [0.1, 0.15) is 49.7 Å². The van der Waals surface area contributed by atoms with Crippen molar-refractivity contribution < 1.29 is 19.1 Å². The number of thiophene rings is 1. The van der Waals surface area contributed by atoms with E-state index in [4.69, 9.17) is 4.74 Å². The Balaban J connectivity index is 1.44. The summed E-state index contributed by atoms with van der Waals surface area (Å²) in [6.45, 7) is 10.7. The first-order valence-corrected chi connectivity index (χ1v) is 14.5. The van der Waals surface area contributed by atoms with Crippen LogP contribution in [0.5, 0.6) is 5.75 Å². The van der Waals surface area contributed by atoms with Crippen molar-refractivity contribution in [3.63, 3.8) is 0 Å². The summed E-state index contributed by atoms with van der Waals surface area (Å²) in [4.78, 5) is 48.1. The molecule has 4 amide bonds. The number of benzene rings is 1. The van der Waals surface area contributed by atoms with Crippen LogP contribution < -0.4 is 20.3 Å². The van der Waals surface area contributed by atoms with Gasteiger partial charge in [0.25, 0.3) is 5.91 Å². The number of rotatable bonds is 8. The normalized spacial score (nSPS) is 17.6. The third-order valence-corrected chi connectivity index (χ3v) is 8.41. The molecule has 1 aromatic carbocycles. The van der Waals surface area contributed by atoms with E-state index in [0.29, 0.717) is 63.2 Å². The first kappa shape index (κ1) is 28.1. The van der Waals surface area contributed by atoms with E-state index in [0.717, 1.165) is 18.4 Å². The molecule has 0 aliphatic carbocycles. The minimum absolute atomic E-state index is 0.0857. The molecule has 41 heavy (non-hydrogen) atoms. The van der Waals surface area contributed by atoms with E-state index in [-0.39, 0.29) is 23.9 Å². The van der Waals surface area contributed by atoms with Crippen LogP contribution in [-0.4, -0.2) is 46.9 Å². The lowest BCUT2D eigenvalue weighted by Crippen LogP contribution is -2.49. The van der Waals surface area contributed by atoms with Crippen molar-refractivity contribution in [2.24, 2.45) is 0 Å². The number of likely N-dealkylation sites (tertiary alicyclic amines) is 1. The number of pyridine rings is 1. The lowest BCUT2D eigenvalue weighted by molar-refractivity contribution is -0.132. The molecule has 2 aliphatic rings. The van der Waals surface area contributed by atoms with Gasteiger partial charge in [-0.15, -0.1) is 11.3 Å². The number of aromatic nitrogens is 1. The standard InChI is InChI=1S/C31H33N5O4S/c1-5-22(40-23-12-8-7-9-13-23)17-19(3)20(4)36-24-14-15-32-30-26(24)27(34-31(36)39)28(41-30)29(38)33-21-11-10-16-35(18-21)25(37)6-2/h5,7-9,12-15,17,21H,1,6,10-11,16,18H2,2-4H3,(H,33,38)(H,34,39)/b20-19+,22-17+/t21-/m1/s1. The zero-order valence-electron chi connectivity index (χ0n) is 23.4. The van der Waals surface area contributed by atoms with Crippen molar-refractivity contribution in [3.8, 4) is 5.75 Å². The molecule has 9 nitrogen and oxygen atoms in total. The molecule has 2 N–H and O–H groups in total. The summed E-state index contributed by atoms with van der Waals surface area (Å²) in [5, 5.41) is 6.75. The monoisotopic (exact) mass is 571 g/mol. The average molecular weight is 572 g/mol. The van der Waals surface area contributed by atoms with Gasteiger partial charge >= 0.3 is 6.03 Å². The Bertz CT molecular complexity index is 1580. The van der Waals surface area contributed by atoms with Gasteiger partial charge in [-0.25, -0.2) is 9.78 Å². The van der Waals surface area contributed by atoms with Crippen molar-refractivity contribution in [2.75, 3.05) is 23.3 Å². The fourth-order valence-electron chi connectivity index (χ4n) is 5.12. The Labute approximate surface area is 243 Å². The Morgan fingerprint density at radius 2 is 2.02 bits per heavy atom. The molecule has 5 rings (SSSR count). The third-order valence-electron chi connectivity index (χ3n) is 7.31. The minimum Gasteiger partial charge on any atom is -0.457 e.